The first-order valence-electron chi connectivity index (χ1n) is 3.29. The Hall–Kier alpha value is -0.390. The Morgan fingerprint density at radius 3 is 2.70 bits per heavy atom. The number of benzene rings is 1. The maximum atomic E-state index is 5.49. The highest BCUT2D eigenvalue weighted by Crippen LogP contribution is 2.05. The zero-order valence-corrected chi connectivity index (χ0v) is 7.25. The lowest BCUT2D eigenvalue weighted by Gasteiger charge is -2.01. The molecule has 0 bridgehead atoms. The topological polar surface area (TPSA) is 26.0 Å². The van der Waals surface area contributed by atoms with Gasteiger partial charge in [0.25, 0.3) is 0 Å². The van der Waals surface area contributed by atoms with Gasteiger partial charge in [-0.15, -0.1) is 9.24 Å². The van der Waals surface area contributed by atoms with Crippen molar-refractivity contribution in [3.8, 4) is 0 Å². The van der Waals surface area contributed by atoms with E-state index in [-0.39, 0.29) is 0 Å². The molecule has 0 saturated carbocycles. The van der Waals surface area contributed by atoms with Gasteiger partial charge in [-0.1, -0.05) is 18.2 Å². The van der Waals surface area contributed by atoms with Crippen molar-refractivity contribution in [1.82, 2.24) is 0 Å². The summed E-state index contributed by atoms with van der Waals surface area (Å²) in [6, 6.07) is 6.24. The molecule has 0 amide bonds. The number of rotatable bonds is 1. The van der Waals surface area contributed by atoms with Gasteiger partial charge in [-0.3, -0.25) is 0 Å². The number of nitrogens with two attached hydrogens (primary N) is 1. The maximum Gasteiger partial charge on any atom is 0.0180 e. The van der Waals surface area contributed by atoms with E-state index in [1.165, 1.54) is 16.4 Å². The van der Waals surface area contributed by atoms with Crippen LogP contribution in [0.15, 0.2) is 18.2 Å². The van der Waals surface area contributed by atoms with Crippen LogP contribution in [0.4, 0.5) is 0 Å². The molecule has 1 rings (SSSR count). The molecule has 0 spiro atoms. The van der Waals surface area contributed by atoms with Gasteiger partial charge in [0, 0.05) is 6.54 Å². The molecule has 2 N–H and O–H groups in total. The molecule has 1 atom stereocenters. The van der Waals surface area contributed by atoms with Crippen molar-refractivity contribution in [1.29, 1.82) is 0 Å². The van der Waals surface area contributed by atoms with Crippen molar-refractivity contribution in [2.45, 2.75) is 13.5 Å². The van der Waals surface area contributed by atoms with Gasteiger partial charge in [0.1, 0.15) is 0 Å². The largest absolute Gasteiger partial charge is 0.326 e. The van der Waals surface area contributed by atoms with Crippen molar-refractivity contribution in [3.63, 3.8) is 0 Å². The molecule has 2 heteroatoms. The van der Waals surface area contributed by atoms with Crippen molar-refractivity contribution in [3.05, 3.63) is 29.3 Å². The maximum absolute atomic E-state index is 5.49. The molecular weight excluding hydrogens is 141 g/mol. The summed E-state index contributed by atoms with van der Waals surface area (Å²) in [5.41, 5.74) is 8.00. The van der Waals surface area contributed by atoms with Crippen LogP contribution in [0.1, 0.15) is 11.1 Å². The average molecular weight is 153 g/mol. The summed E-state index contributed by atoms with van der Waals surface area (Å²) >= 11 is 0. The number of hydrogen-bond acceptors (Lipinski definition) is 1. The number of hydrogen-bond donors (Lipinski definition) is 1. The molecule has 1 nitrogen and oxygen atoms in total. The molecule has 0 aliphatic heterocycles. The summed E-state index contributed by atoms with van der Waals surface area (Å²) in [4.78, 5) is 0. The Kier molecular flexibility index (Phi) is 2.42. The van der Waals surface area contributed by atoms with E-state index in [1.807, 2.05) is 0 Å². The molecule has 0 aromatic heterocycles. The normalized spacial score (nSPS) is 9.90. The molecule has 0 aliphatic rings. The smallest absolute Gasteiger partial charge is 0.0180 e. The molecule has 1 aromatic rings. The Morgan fingerprint density at radius 2 is 2.20 bits per heavy atom. The summed E-state index contributed by atoms with van der Waals surface area (Å²) < 4.78 is 0. The van der Waals surface area contributed by atoms with Crippen LogP contribution in [-0.4, -0.2) is 0 Å². The van der Waals surface area contributed by atoms with E-state index in [2.05, 4.69) is 34.4 Å². The summed E-state index contributed by atoms with van der Waals surface area (Å²) in [5.74, 6) is 0. The first-order valence-corrected chi connectivity index (χ1v) is 3.87. The van der Waals surface area contributed by atoms with Crippen molar-refractivity contribution < 1.29 is 0 Å². The minimum absolute atomic E-state index is 0.636. The molecule has 0 aliphatic carbocycles. The summed E-state index contributed by atoms with van der Waals surface area (Å²) in [5, 5.41) is 1.22. The fourth-order valence-corrected chi connectivity index (χ4v) is 1.29. The van der Waals surface area contributed by atoms with Gasteiger partial charge in [-0.2, -0.15) is 0 Å². The van der Waals surface area contributed by atoms with Gasteiger partial charge in [0.05, 0.1) is 0 Å². The lowest BCUT2D eigenvalue weighted by Crippen LogP contribution is -2.01. The molecule has 1 unspecified atom stereocenters. The van der Waals surface area contributed by atoms with E-state index in [9.17, 15) is 0 Å². The molecule has 0 saturated heterocycles. The average Bonchev–Trinajstić information content (AvgIpc) is 1.88. The van der Waals surface area contributed by atoms with E-state index in [0.29, 0.717) is 6.54 Å². The highest BCUT2D eigenvalue weighted by Gasteiger charge is 1.93. The SMILES string of the molecule is Cc1cc(P)ccc1CN. The third-order valence-electron chi connectivity index (χ3n) is 1.59. The Balaban J connectivity index is 3.07. The second kappa shape index (κ2) is 3.14. The van der Waals surface area contributed by atoms with E-state index in [0.717, 1.165) is 0 Å². The van der Waals surface area contributed by atoms with Crippen molar-refractivity contribution in [2.75, 3.05) is 0 Å². The predicted molar refractivity (Wildman–Crippen MR) is 48.4 cm³/mol. The Bertz CT molecular complexity index is 233. The molecule has 10 heavy (non-hydrogen) atoms. The Morgan fingerprint density at radius 1 is 1.50 bits per heavy atom. The monoisotopic (exact) mass is 153 g/mol. The second-order valence-corrected chi connectivity index (χ2v) is 3.06. The fourth-order valence-electron chi connectivity index (χ4n) is 0.948. The lowest BCUT2D eigenvalue weighted by molar-refractivity contribution is 1.05. The van der Waals surface area contributed by atoms with E-state index in [4.69, 9.17) is 5.73 Å². The highest BCUT2D eigenvalue weighted by atomic mass is 31.0. The van der Waals surface area contributed by atoms with Gasteiger partial charge >= 0.3 is 0 Å². The molecular formula is C8H12NP. The molecule has 0 radical (unpaired) electrons. The zero-order chi connectivity index (χ0) is 7.56. The van der Waals surface area contributed by atoms with Gasteiger partial charge in [0.2, 0.25) is 0 Å². The minimum Gasteiger partial charge on any atom is -0.326 e. The van der Waals surface area contributed by atoms with Gasteiger partial charge in [-0.05, 0) is 23.4 Å². The zero-order valence-electron chi connectivity index (χ0n) is 6.09. The summed E-state index contributed by atoms with van der Waals surface area (Å²) in [6.07, 6.45) is 0. The highest BCUT2D eigenvalue weighted by molar-refractivity contribution is 7.27. The first-order chi connectivity index (χ1) is 4.74. The molecule has 1 aromatic carbocycles. The van der Waals surface area contributed by atoms with Crippen LogP contribution in [0.2, 0.25) is 0 Å². The van der Waals surface area contributed by atoms with Crippen LogP contribution < -0.4 is 11.0 Å². The second-order valence-electron chi connectivity index (χ2n) is 2.39. The van der Waals surface area contributed by atoms with E-state index in [1.54, 1.807) is 0 Å². The van der Waals surface area contributed by atoms with Crippen LogP contribution in [0.25, 0.3) is 0 Å². The standard InChI is InChI=1S/C8H12NP/c1-6-4-8(10)3-2-7(6)5-9/h2-4H,5,9-10H2,1H3. The molecule has 54 valence electrons. The fraction of sp³-hybridized carbons (Fsp3) is 0.250. The van der Waals surface area contributed by atoms with Crippen LogP contribution in [0.3, 0.4) is 0 Å². The van der Waals surface area contributed by atoms with Crippen LogP contribution in [0.5, 0.6) is 0 Å². The third-order valence-corrected chi connectivity index (χ3v) is 1.95. The third kappa shape index (κ3) is 1.56. The van der Waals surface area contributed by atoms with E-state index >= 15 is 0 Å². The first kappa shape index (κ1) is 7.71. The molecule has 0 heterocycles. The van der Waals surface area contributed by atoms with E-state index < -0.39 is 0 Å². The van der Waals surface area contributed by atoms with Crippen LogP contribution >= 0.6 is 9.24 Å². The van der Waals surface area contributed by atoms with Crippen molar-refractivity contribution >= 4 is 14.5 Å². The van der Waals surface area contributed by atoms with Crippen LogP contribution in [-0.2, 0) is 6.54 Å². The minimum atomic E-state index is 0.636. The van der Waals surface area contributed by atoms with Gasteiger partial charge < -0.3 is 5.73 Å². The van der Waals surface area contributed by atoms with Gasteiger partial charge in [-0.25, -0.2) is 0 Å². The van der Waals surface area contributed by atoms with Gasteiger partial charge in [0.15, 0.2) is 0 Å². The summed E-state index contributed by atoms with van der Waals surface area (Å²) in [6.45, 7) is 2.71. The predicted octanol–water partition coefficient (Wildman–Crippen LogP) is 0.954. The van der Waals surface area contributed by atoms with Crippen LogP contribution in [0, 0.1) is 6.92 Å². The quantitative estimate of drug-likeness (QED) is 0.597. The number of aryl methyl sites for hydroxylation is 1. The summed E-state index contributed by atoms with van der Waals surface area (Å²) in [7, 11) is 2.67. The molecule has 0 fully saturated rings. The lowest BCUT2D eigenvalue weighted by atomic mass is 10.1. The Labute approximate surface area is 63.8 Å². The van der Waals surface area contributed by atoms with Crippen molar-refractivity contribution in [2.24, 2.45) is 5.73 Å².